The molecule has 11 saturated heterocycles. The van der Waals surface area contributed by atoms with Gasteiger partial charge < -0.3 is 157 Å². The normalized spacial score (nSPS) is 25.8. The first-order valence-electron chi connectivity index (χ1n) is 49.0. The van der Waals surface area contributed by atoms with Crippen molar-refractivity contribution in [3.05, 3.63) is 0 Å². The van der Waals surface area contributed by atoms with Gasteiger partial charge in [-0.15, -0.1) is 0 Å². The van der Waals surface area contributed by atoms with Gasteiger partial charge in [-0.05, 0) is 290 Å². The van der Waals surface area contributed by atoms with Crippen LogP contribution in [0.3, 0.4) is 0 Å². The summed E-state index contributed by atoms with van der Waals surface area (Å²) in [6, 6.07) is 1.50. The van der Waals surface area contributed by atoms with Crippen LogP contribution >= 0.6 is 0 Å². The minimum Gasteiger partial charge on any atom is -0.396 e. The molecular weight excluding hydrogens is 1650 g/mol. The van der Waals surface area contributed by atoms with Gasteiger partial charge in [-0.3, -0.25) is 24.5 Å². The molecule has 128 heavy (non-hydrogen) atoms. The molecule has 11 aliphatic heterocycles. The molecule has 36 heteroatoms. The number of piperazine rings is 2. The summed E-state index contributed by atoms with van der Waals surface area (Å²) in [6.45, 7) is 33.3. The van der Waals surface area contributed by atoms with Crippen LogP contribution in [-0.2, 0) is 0 Å². The highest BCUT2D eigenvalue weighted by molar-refractivity contribution is 4.85. The SMILES string of the molecule is CN(CCCO)CCCO.CN(CCO)CCO.CN1C(CO)CCCC1CO.CN1CCC(CO)C1.CN1CCC(CO)C1CO.CN1CCC(CO)CC1.CN1CCC(O)CC1.CN1CCCC(CO)C1.CN1CCCC(CO)C1.CN1CCCC1CO.CN1CCCCC1O.CN1CCN(CCO)CC1.CN1CCNCC1CO.CNCCN(CCO)CCO. The van der Waals surface area contributed by atoms with Gasteiger partial charge in [0.2, 0.25) is 0 Å². The molecule has 0 aliphatic carbocycles. The number of hydrogen-bond donors (Lipinski definition) is 21. The summed E-state index contributed by atoms with van der Waals surface area (Å²) < 4.78 is 0. The number of β-amino-alcohol motifs (C(OH)–C–C–N with tert-alkyl or cyclic N) is 1. The van der Waals surface area contributed by atoms with Gasteiger partial charge >= 0.3 is 0 Å². The number of rotatable bonds is 29. The fraction of sp³-hybridized carbons (Fsp3) is 1.00. The van der Waals surface area contributed by atoms with Crippen molar-refractivity contribution >= 4 is 0 Å². The zero-order valence-corrected chi connectivity index (χ0v) is 83.8. The van der Waals surface area contributed by atoms with E-state index >= 15 is 0 Å². The van der Waals surface area contributed by atoms with E-state index in [1.165, 1.54) is 83.7 Å². The molecule has 11 fully saturated rings. The summed E-state index contributed by atoms with van der Waals surface area (Å²) in [5.41, 5.74) is 0. The second kappa shape index (κ2) is 89.5. The summed E-state index contributed by atoms with van der Waals surface area (Å²) >= 11 is 0. The number of piperidine rings is 6. The Kier molecular flexibility index (Phi) is 91.3. The molecule has 0 amide bonds. The average Bonchev–Trinajstić information content (AvgIpc) is 1.22. The molecule has 11 heterocycles. The average molecular weight is 1860 g/mol. The highest BCUT2D eigenvalue weighted by Gasteiger charge is 2.31. The first-order valence-corrected chi connectivity index (χ1v) is 49.0. The maximum absolute atomic E-state index is 9.10. The number of nitrogens with one attached hydrogen (secondary N) is 2. The Hall–Kier alpha value is -1.44. The van der Waals surface area contributed by atoms with Crippen LogP contribution in [0.4, 0.5) is 0 Å². The Morgan fingerprint density at radius 1 is 0.312 bits per heavy atom. The molecular formula is C92H207N17O19. The van der Waals surface area contributed by atoms with Gasteiger partial charge in [0.25, 0.3) is 0 Å². The van der Waals surface area contributed by atoms with Crippen molar-refractivity contribution < 1.29 is 97.0 Å². The Labute approximate surface area is 779 Å². The van der Waals surface area contributed by atoms with Gasteiger partial charge in [-0.25, -0.2) is 0 Å². The maximum atomic E-state index is 9.10. The van der Waals surface area contributed by atoms with E-state index in [0.717, 1.165) is 208 Å². The zero-order valence-electron chi connectivity index (χ0n) is 83.8. The first-order chi connectivity index (χ1) is 61.5. The van der Waals surface area contributed by atoms with Gasteiger partial charge in [-0.1, -0.05) is 6.42 Å². The van der Waals surface area contributed by atoms with Crippen LogP contribution in [0.1, 0.15) is 128 Å². The largest absolute Gasteiger partial charge is 0.396 e. The highest BCUT2D eigenvalue weighted by Crippen LogP contribution is 2.23. The van der Waals surface area contributed by atoms with Gasteiger partial charge in [0.05, 0.1) is 72.2 Å². The molecule has 0 aromatic rings. The minimum absolute atomic E-state index is 0.0220. The van der Waals surface area contributed by atoms with Crippen molar-refractivity contribution in [1.29, 1.82) is 0 Å². The lowest BCUT2D eigenvalue weighted by Gasteiger charge is -2.37. The van der Waals surface area contributed by atoms with Gasteiger partial charge in [0.15, 0.2) is 0 Å². The highest BCUT2D eigenvalue weighted by atomic mass is 16.3. The number of likely N-dealkylation sites (tertiary alicyclic amines) is 9. The van der Waals surface area contributed by atoms with Crippen molar-refractivity contribution in [3.63, 3.8) is 0 Å². The lowest BCUT2D eigenvalue weighted by Crippen LogP contribution is -2.50. The Morgan fingerprint density at radius 3 is 1.06 bits per heavy atom. The monoisotopic (exact) mass is 1850 g/mol. The molecule has 0 aromatic heterocycles. The lowest BCUT2D eigenvalue weighted by atomic mass is 9.97. The summed E-state index contributed by atoms with van der Waals surface area (Å²) in [5.74, 6) is 2.52. The van der Waals surface area contributed by atoms with E-state index in [1.807, 2.05) is 64.0 Å². The van der Waals surface area contributed by atoms with E-state index in [1.54, 1.807) is 0 Å². The molecule has 0 bridgehead atoms. The van der Waals surface area contributed by atoms with E-state index < -0.39 is 0 Å². The first kappa shape index (κ1) is 131. The molecule has 10 unspecified atom stereocenters. The van der Waals surface area contributed by atoms with Crippen molar-refractivity contribution in [2.45, 2.75) is 171 Å². The molecule has 0 spiro atoms. The van der Waals surface area contributed by atoms with Crippen LogP contribution in [0.25, 0.3) is 0 Å². The summed E-state index contributed by atoms with van der Waals surface area (Å²) in [4.78, 5) is 32.5. The van der Waals surface area contributed by atoms with E-state index in [4.69, 9.17) is 97.0 Å². The molecule has 774 valence electrons. The van der Waals surface area contributed by atoms with Gasteiger partial charge in [-0.2, -0.15) is 0 Å². The van der Waals surface area contributed by atoms with Gasteiger partial charge in [0.1, 0.15) is 6.23 Å². The number of aliphatic hydroxyl groups excluding tert-OH is 19. The summed E-state index contributed by atoms with van der Waals surface area (Å²) in [5, 5.41) is 172. The van der Waals surface area contributed by atoms with E-state index in [2.05, 4.69) is 119 Å². The fourth-order valence-corrected chi connectivity index (χ4v) is 16.3. The van der Waals surface area contributed by atoms with Crippen LogP contribution in [0, 0.1) is 29.6 Å². The molecule has 36 nitrogen and oxygen atoms in total. The van der Waals surface area contributed by atoms with Crippen LogP contribution in [0.15, 0.2) is 0 Å². The van der Waals surface area contributed by atoms with Crippen molar-refractivity contribution in [2.24, 2.45) is 29.6 Å². The molecule has 11 rings (SSSR count). The minimum atomic E-state index is -0.163. The summed E-state index contributed by atoms with van der Waals surface area (Å²) in [7, 11) is 28.4. The molecule has 0 saturated carbocycles. The second-order valence-electron chi connectivity index (χ2n) is 37.1. The van der Waals surface area contributed by atoms with Crippen LogP contribution in [0.2, 0.25) is 0 Å². The quantitative estimate of drug-likeness (QED) is 0.0337. The van der Waals surface area contributed by atoms with Crippen LogP contribution in [-0.4, -0.2) is 614 Å². The fourth-order valence-electron chi connectivity index (χ4n) is 16.3. The smallest absolute Gasteiger partial charge is 0.107 e. The zero-order chi connectivity index (χ0) is 96.7. The van der Waals surface area contributed by atoms with E-state index in [-0.39, 0.29) is 109 Å². The van der Waals surface area contributed by atoms with Gasteiger partial charge in [0, 0.05) is 226 Å². The number of aliphatic hydroxyl groups is 19. The standard InChI is InChI=1S/C8H17NO2.C7H18N2O2.C7H16N2O.C7H15NO2.C7H17NO2.3C7H15NO.C6H14N2O.4C6H13NO.C5H13NO2/c1-9-7(5-10)3-2-4-8(9)6-11;1-8-2-3-9(4-6-10)5-7-11;1-8-2-4-9(5-3-8)6-7-10;1-8-3-2-6(4-9)7(8)5-10;1-8(4-2-6-9)5-3-7-10;1-8-4-2-7(6-9)3-5-8;2*1-8-4-2-3-7(5-8)6-9;1-8-3-2-7-4-6(8)5-9;1-7-4-2-6(8)3-5-7;1-7-3-2-6(4-7)5-8;1-7-4-2-3-6(7)5-8;1-7-5-3-2-4-6(7)8;1-6(2-4-7)3-5-8/h7-8,10-11H,2-6H2,1H3;8,10-11H,2-7H2,1H3;10H,2-7H2,1H3;6-7,9-10H,2-5H2,1H3;9-10H,2-7H2,1H3;3*7,9H,2-6H2,1H3;6-7,9H,2-5H2,1H3;4*6,8H,2-5H2,1H3;7-8H,2-5H2,1H3. The summed E-state index contributed by atoms with van der Waals surface area (Å²) in [6.07, 6.45) is 21.9. The maximum Gasteiger partial charge on any atom is 0.107 e. The van der Waals surface area contributed by atoms with Crippen molar-refractivity contribution in [2.75, 3.05) is 401 Å². The molecule has 0 radical (unpaired) electrons. The van der Waals surface area contributed by atoms with E-state index in [9.17, 15) is 0 Å². The molecule has 10 atom stereocenters. The Balaban J connectivity index is -0.00000132. The molecule has 0 aromatic carbocycles. The number of nitrogens with zero attached hydrogens (tertiary/aromatic N) is 15. The molecule has 21 N–H and O–H groups in total. The number of hydrogen-bond acceptors (Lipinski definition) is 36. The third-order valence-corrected chi connectivity index (χ3v) is 25.9. The number of likely N-dealkylation sites (N-methyl/N-ethyl adjacent to an activating group) is 7. The lowest BCUT2D eigenvalue weighted by molar-refractivity contribution is -0.00578. The van der Waals surface area contributed by atoms with Crippen LogP contribution < -0.4 is 10.6 Å². The third-order valence-electron chi connectivity index (χ3n) is 25.9. The van der Waals surface area contributed by atoms with Crippen molar-refractivity contribution in [1.82, 2.24) is 84.1 Å². The van der Waals surface area contributed by atoms with Crippen molar-refractivity contribution in [3.8, 4) is 0 Å². The topological polar surface area (TPSA) is 457 Å². The van der Waals surface area contributed by atoms with E-state index in [0.29, 0.717) is 102 Å². The molecule has 11 aliphatic rings. The third kappa shape index (κ3) is 71.1. The Bertz CT molecular complexity index is 2200. The predicted molar refractivity (Wildman–Crippen MR) is 519 cm³/mol. The second-order valence-corrected chi connectivity index (χ2v) is 37.1. The predicted octanol–water partition coefficient (Wildman–Crippen LogP) is -4.24. The Morgan fingerprint density at radius 2 is 0.734 bits per heavy atom. The van der Waals surface area contributed by atoms with Crippen LogP contribution in [0.5, 0.6) is 0 Å².